The molecule has 2 aliphatic rings. The van der Waals surface area contributed by atoms with Crippen molar-refractivity contribution in [2.24, 2.45) is 5.92 Å². The predicted octanol–water partition coefficient (Wildman–Crippen LogP) is -0.0125. The molecule has 3 rings (SSSR count). The second-order valence-corrected chi connectivity index (χ2v) is 5.45. The second kappa shape index (κ2) is 5.88. The van der Waals surface area contributed by atoms with Crippen LogP contribution < -0.4 is 0 Å². The minimum absolute atomic E-state index is 0.0204. The highest BCUT2D eigenvalue weighted by Crippen LogP contribution is 2.26. The van der Waals surface area contributed by atoms with Crippen molar-refractivity contribution in [1.82, 2.24) is 25.2 Å². The maximum absolute atomic E-state index is 12.4. The van der Waals surface area contributed by atoms with Crippen molar-refractivity contribution in [3.63, 3.8) is 0 Å². The van der Waals surface area contributed by atoms with Gasteiger partial charge in [-0.3, -0.25) is 9.69 Å². The Morgan fingerprint density at radius 2 is 2.25 bits per heavy atom. The summed E-state index contributed by atoms with van der Waals surface area (Å²) in [6.07, 6.45) is 2.58. The number of amides is 1. The number of hydrogen-bond acceptors (Lipinski definition) is 5. The number of aromatic nitrogens is 3. The summed E-state index contributed by atoms with van der Waals surface area (Å²) in [6, 6.07) is 0.444. The first-order valence-corrected chi connectivity index (χ1v) is 7.26. The molecule has 1 N–H and O–H groups in total. The predicted molar refractivity (Wildman–Crippen MR) is 72.2 cm³/mol. The van der Waals surface area contributed by atoms with Crippen LogP contribution in [0.5, 0.6) is 0 Å². The minimum Gasteiger partial charge on any atom is -0.379 e. The highest BCUT2D eigenvalue weighted by molar-refractivity contribution is 5.92. The van der Waals surface area contributed by atoms with Crippen LogP contribution in [0.15, 0.2) is 6.20 Å². The van der Waals surface area contributed by atoms with E-state index in [0.717, 1.165) is 45.8 Å². The van der Waals surface area contributed by atoms with Crippen LogP contribution in [0.25, 0.3) is 0 Å². The van der Waals surface area contributed by atoms with E-state index in [4.69, 9.17) is 4.74 Å². The second-order valence-electron chi connectivity index (χ2n) is 5.45. The standard InChI is InChI=1S/C13H21N5O2/c1-2-10-8-18(13(19)11-7-14-16-15-11)9-12(10)17-3-5-20-6-4-17/h7,10,12H,2-6,8-9H2,1H3,(H,14,15,16). The number of nitrogens with one attached hydrogen (secondary N) is 1. The van der Waals surface area contributed by atoms with Crippen molar-refractivity contribution in [1.29, 1.82) is 0 Å². The van der Waals surface area contributed by atoms with E-state index in [1.54, 1.807) is 0 Å². The number of carbonyl (C=O) groups excluding carboxylic acids is 1. The van der Waals surface area contributed by atoms with Crippen LogP contribution in [0.3, 0.4) is 0 Å². The molecule has 1 amide bonds. The van der Waals surface area contributed by atoms with Gasteiger partial charge in [-0.2, -0.15) is 15.4 Å². The number of ether oxygens (including phenoxy) is 1. The normalized spacial score (nSPS) is 27.9. The van der Waals surface area contributed by atoms with Gasteiger partial charge in [0.25, 0.3) is 5.91 Å². The third-order valence-electron chi connectivity index (χ3n) is 4.37. The fraction of sp³-hybridized carbons (Fsp3) is 0.769. The van der Waals surface area contributed by atoms with Crippen LogP contribution in [0.4, 0.5) is 0 Å². The molecular weight excluding hydrogens is 258 g/mol. The summed E-state index contributed by atoms with van der Waals surface area (Å²) in [7, 11) is 0. The van der Waals surface area contributed by atoms with E-state index in [1.165, 1.54) is 6.20 Å². The van der Waals surface area contributed by atoms with E-state index in [1.807, 2.05) is 4.90 Å². The average molecular weight is 279 g/mol. The zero-order valence-electron chi connectivity index (χ0n) is 11.8. The first-order chi connectivity index (χ1) is 9.79. The molecule has 110 valence electrons. The first-order valence-electron chi connectivity index (χ1n) is 7.26. The Hall–Kier alpha value is -1.47. The van der Waals surface area contributed by atoms with Gasteiger partial charge in [-0.05, 0) is 5.92 Å². The molecule has 0 spiro atoms. The summed E-state index contributed by atoms with van der Waals surface area (Å²) >= 11 is 0. The van der Waals surface area contributed by atoms with Crippen LogP contribution in [-0.4, -0.2) is 76.6 Å². The molecule has 2 saturated heterocycles. The lowest BCUT2D eigenvalue weighted by molar-refractivity contribution is 0.0102. The topological polar surface area (TPSA) is 74.4 Å². The zero-order valence-corrected chi connectivity index (χ0v) is 11.8. The molecule has 7 nitrogen and oxygen atoms in total. The van der Waals surface area contributed by atoms with E-state index in [0.29, 0.717) is 17.7 Å². The molecule has 1 aromatic heterocycles. The Balaban J connectivity index is 1.69. The van der Waals surface area contributed by atoms with Gasteiger partial charge >= 0.3 is 0 Å². The molecule has 20 heavy (non-hydrogen) atoms. The molecule has 2 aliphatic heterocycles. The van der Waals surface area contributed by atoms with Gasteiger partial charge in [-0.25, -0.2) is 0 Å². The molecule has 1 aromatic rings. The Labute approximate surface area is 118 Å². The molecule has 7 heteroatoms. The first kappa shape index (κ1) is 13.5. The van der Waals surface area contributed by atoms with Gasteiger partial charge in [0.2, 0.25) is 0 Å². The molecule has 2 fully saturated rings. The number of nitrogens with zero attached hydrogens (tertiary/aromatic N) is 4. The third-order valence-corrected chi connectivity index (χ3v) is 4.37. The number of hydrogen-bond donors (Lipinski definition) is 1. The van der Waals surface area contributed by atoms with Crippen molar-refractivity contribution in [3.8, 4) is 0 Å². The number of aromatic amines is 1. The van der Waals surface area contributed by atoms with E-state index >= 15 is 0 Å². The Bertz CT molecular complexity index is 444. The van der Waals surface area contributed by atoms with E-state index in [9.17, 15) is 4.79 Å². The summed E-state index contributed by atoms with van der Waals surface area (Å²) in [5, 5.41) is 10.1. The van der Waals surface area contributed by atoms with Crippen LogP contribution in [0.1, 0.15) is 23.8 Å². The van der Waals surface area contributed by atoms with Crippen LogP contribution in [-0.2, 0) is 4.74 Å². The van der Waals surface area contributed by atoms with Crippen molar-refractivity contribution in [2.75, 3.05) is 39.4 Å². The third kappa shape index (κ3) is 2.55. The summed E-state index contributed by atoms with van der Waals surface area (Å²) in [6.45, 7) is 7.31. The lowest BCUT2D eigenvalue weighted by atomic mass is 9.99. The van der Waals surface area contributed by atoms with Gasteiger partial charge in [0.05, 0.1) is 19.4 Å². The molecule has 0 saturated carbocycles. The van der Waals surface area contributed by atoms with Crippen LogP contribution >= 0.6 is 0 Å². The highest BCUT2D eigenvalue weighted by atomic mass is 16.5. The van der Waals surface area contributed by atoms with Gasteiger partial charge in [0.1, 0.15) is 0 Å². The van der Waals surface area contributed by atoms with Crippen LogP contribution in [0.2, 0.25) is 0 Å². The Morgan fingerprint density at radius 3 is 2.90 bits per heavy atom. The molecule has 0 bridgehead atoms. The van der Waals surface area contributed by atoms with Gasteiger partial charge in [-0.1, -0.05) is 13.3 Å². The number of rotatable bonds is 3. The van der Waals surface area contributed by atoms with Crippen molar-refractivity contribution >= 4 is 5.91 Å². The largest absolute Gasteiger partial charge is 0.379 e. The fourth-order valence-electron chi connectivity index (χ4n) is 3.21. The van der Waals surface area contributed by atoms with E-state index in [-0.39, 0.29) is 5.91 Å². The lowest BCUT2D eigenvalue weighted by Crippen LogP contribution is -2.47. The number of morpholine rings is 1. The Morgan fingerprint density at radius 1 is 1.45 bits per heavy atom. The monoisotopic (exact) mass is 279 g/mol. The number of carbonyl (C=O) groups is 1. The fourth-order valence-corrected chi connectivity index (χ4v) is 3.21. The highest BCUT2D eigenvalue weighted by Gasteiger charge is 2.38. The van der Waals surface area contributed by atoms with Crippen molar-refractivity contribution in [2.45, 2.75) is 19.4 Å². The van der Waals surface area contributed by atoms with Gasteiger partial charge in [-0.15, -0.1) is 0 Å². The molecule has 2 unspecified atom stereocenters. The lowest BCUT2D eigenvalue weighted by Gasteiger charge is -2.34. The maximum Gasteiger partial charge on any atom is 0.276 e. The minimum atomic E-state index is -0.0204. The molecule has 3 heterocycles. The summed E-state index contributed by atoms with van der Waals surface area (Å²) in [5.41, 5.74) is 0.405. The Kier molecular flexibility index (Phi) is 3.98. The molecule has 0 aromatic carbocycles. The molecule has 0 aliphatic carbocycles. The summed E-state index contributed by atoms with van der Waals surface area (Å²) < 4.78 is 5.42. The van der Waals surface area contributed by atoms with Crippen molar-refractivity contribution < 1.29 is 9.53 Å². The maximum atomic E-state index is 12.4. The van der Waals surface area contributed by atoms with E-state index in [2.05, 4.69) is 27.2 Å². The van der Waals surface area contributed by atoms with Gasteiger partial charge in [0.15, 0.2) is 5.69 Å². The smallest absolute Gasteiger partial charge is 0.276 e. The zero-order chi connectivity index (χ0) is 13.9. The molecule has 2 atom stereocenters. The summed E-state index contributed by atoms with van der Waals surface area (Å²) in [5.74, 6) is 0.511. The molecule has 0 radical (unpaired) electrons. The summed E-state index contributed by atoms with van der Waals surface area (Å²) in [4.78, 5) is 16.7. The van der Waals surface area contributed by atoms with E-state index < -0.39 is 0 Å². The number of H-pyrrole nitrogens is 1. The van der Waals surface area contributed by atoms with Gasteiger partial charge in [0, 0.05) is 32.2 Å². The van der Waals surface area contributed by atoms with Gasteiger partial charge < -0.3 is 9.64 Å². The number of likely N-dealkylation sites (tertiary alicyclic amines) is 1. The van der Waals surface area contributed by atoms with Crippen LogP contribution in [0, 0.1) is 5.92 Å². The molecular formula is C13H21N5O2. The SMILES string of the molecule is CCC1CN(C(=O)c2cn[nH]n2)CC1N1CCOCC1. The quantitative estimate of drug-likeness (QED) is 0.842. The van der Waals surface area contributed by atoms with Crippen molar-refractivity contribution in [3.05, 3.63) is 11.9 Å². The average Bonchev–Trinajstić information content (AvgIpc) is 3.17.